The smallest absolute Gasteiger partial charge is 0.261 e. The SMILES string of the molecule is CCC1OCCC1CNC(=O)c1cccc(S(=O)(=O)Cl)c1. The summed E-state index contributed by atoms with van der Waals surface area (Å²) in [4.78, 5) is 12.0. The van der Waals surface area contributed by atoms with Crippen LogP contribution in [0.2, 0.25) is 0 Å². The Morgan fingerprint density at radius 1 is 1.48 bits per heavy atom. The molecule has 5 nitrogen and oxygen atoms in total. The molecule has 0 saturated carbocycles. The van der Waals surface area contributed by atoms with Crippen LogP contribution in [-0.4, -0.2) is 33.6 Å². The van der Waals surface area contributed by atoms with E-state index in [1.807, 2.05) is 0 Å². The highest BCUT2D eigenvalue weighted by atomic mass is 35.7. The molecule has 1 amide bonds. The molecule has 21 heavy (non-hydrogen) atoms. The van der Waals surface area contributed by atoms with E-state index in [4.69, 9.17) is 15.4 Å². The van der Waals surface area contributed by atoms with Gasteiger partial charge in [-0.25, -0.2) is 8.42 Å². The highest BCUT2D eigenvalue weighted by Gasteiger charge is 2.27. The summed E-state index contributed by atoms with van der Waals surface area (Å²) >= 11 is 0. The van der Waals surface area contributed by atoms with E-state index in [0.29, 0.717) is 12.5 Å². The van der Waals surface area contributed by atoms with Crippen LogP contribution in [0.4, 0.5) is 0 Å². The van der Waals surface area contributed by atoms with Gasteiger partial charge in [0.25, 0.3) is 15.0 Å². The Hall–Kier alpha value is -1.11. The first-order chi connectivity index (χ1) is 9.91. The summed E-state index contributed by atoms with van der Waals surface area (Å²) in [5, 5.41) is 2.83. The van der Waals surface area contributed by atoms with Crippen LogP contribution in [0, 0.1) is 5.92 Å². The van der Waals surface area contributed by atoms with Crippen molar-refractivity contribution in [2.75, 3.05) is 13.2 Å². The molecule has 1 aromatic carbocycles. The third kappa shape index (κ3) is 4.18. The number of carbonyl (C=O) groups is 1. The number of carbonyl (C=O) groups excluding carboxylic acids is 1. The monoisotopic (exact) mass is 331 g/mol. The van der Waals surface area contributed by atoms with E-state index in [9.17, 15) is 13.2 Å². The minimum absolute atomic E-state index is 0.0764. The van der Waals surface area contributed by atoms with Crippen LogP contribution in [0.1, 0.15) is 30.1 Å². The van der Waals surface area contributed by atoms with Crippen molar-refractivity contribution in [3.05, 3.63) is 29.8 Å². The molecule has 7 heteroatoms. The summed E-state index contributed by atoms with van der Waals surface area (Å²) in [5.41, 5.74) is 0.281. The second kappa shape index (κ2) is 6.77. The first kappa shape index (κ1) is 16.3. The molecular weight excluding hydrogens is 314 g/mol. The minimum atomic E-state index is -3.83. The van der Waals surface area contributed by atoms with Crippen LogP contribution in [0.15, 0.2) is 29.2 Å². The molecule has 2 unspecified atom stereocenters. The molecule has 1 aromatic rings. The molecule has 2 rings (SSSR count). The van der Waals surface area contributed by atoms with E-state index in [2.05, 4.69) is 12.2 Å². The summed E-state index contributed by atoms with van der Waals surface area (Å²) in [6.07, 6.45) is 2.02. The van der Waals surface area contributed by atoms with E-state index >= 15 is 0 Å². The molecule has 1 aliphatic heterocycles. The van der Waals surface area contributed by atoms with Gasteiger partial charge in [-0.05, 0) is 31.0 Å². The fraction of sp³-hybridized carbons (Fsp3) is 0.500. The third-order valence-corrected chi connectivity index (χ3v) is 5.00. The van der Waals surface area contributed by atoms with Gasteiger partial charge in [0.2, 0.25) is 0 Å². The van der Waals surface area contributed by atoms with Crippen molar-refractivity contribution in [1.29, 1.82) is 0 Å². The zero-order chi connectivity index (χ0) is 15.5. The van der Waals surface area contributed by atoms with Gasteiger partial charge in [0, 0.05) is 35.3 Å². The maximum absolute atomic E-state index is 12.1. The molecule has 0 radical (unpaired) electrons. The maximum Gasteiger partial charge on any atom is 0.261 e. The quantitative estimate of drug-likeness (QED) is 0.839. The Labute approximate surface area is 129 Å². The van der Waals surface area contributed by atoms with Crippen LogP contribution in [0.5, 0.6) is 0 Å². The zero-order valence-electron chi connectivity index (χ0n) is 11.7. The van der Waals surface area contributed by atoms with E-state index in [-0.39, 0.29) is 22.5 Å². The second-order valence-electron chi connectivity index (χ2n) is 5.04. The van der Waals surface area contributed by atoms with Gasteiger partial charge in [0.1, 0.15) is 0 Å². The van der Waals surface area contributed by atoms with Gasteiger partial charge in [-0.3, -0.25) is 4.79 Å². The van der Waals surface area contributed by atoms with Gasteiger partial charge in [-0.2, -0.15) is 0 Å². The van der Waals surface area contributed by atoms with Gasteiger partial charge in [-0.1, -0.05) is 13.0 Å². The lowest BCUT2D eigenvalue weighted by molar-refractivity contribution is 0.0827. The Balaban J connectivity index is 2.01. The molecule has 1 aliphatic rings. The second-order valence-corrected chi connectivity index (χ2v) is 7.61. The van der Waals surface area contributed by atoms with E-state index < -0.39 is 9.05 Å². The van der Waals surface area contributed by atoms with Gasteiger partial charge < -0.3 is 10.1 Å². The fourth-order valence-electron chi connectivity index (χ4n) is 2.49. The molecule has 0 spiro atoms. The molecule has 0 aliphatic carbocycles. The summed E-state index contributed by atoms with van der Waals surface area (Å²) in [5.74, 6) is -0.00203. The summed E-state index contributed by atoms with van der Waals surface area (Å²) in [6.45, 7) is 3.30. The van der Waals surface area contributed by atoms with Gasteiger partial charge in [-0.15, -0.1) is 0 Å². The first-order valence-corrected chi connectivity index (χ1v) is 9.17. The molecule has 2 atom stereocenters. The number of ether oxygens (including phenoxy) is 1. The van der Waals surface area contributed by atoms with Crippen molar-refractivity contribution in [3.63, 3.8) is 0 Å². The Bertz CT molecular complexity index is 617. The molecular formula is C14H18ClNO4S. The molecule has 1 fully saturated rings. The van der Waals surface area contributed by atoms with Crippen LogP contribution in [0.25, 0.3) is 0 Å². The number of rotatable bonds is 5. The number of halogens is 1. The lowest BCUT2D eigenvalue weighted by atomic mass is 9.99. The average molecular weight is 332 g/mol. The fourth-order valence-corrected chi connectivity index (χ4v) is 3.29. The summed E-state index contributed by atoms with van der Waals surface area (Å²) < 4.78 is 28.1. The number of benzene rings is 1. The van der Waals surface area contributed by atoms with Crippen molar-refractivity contribution in [3.8, 4) is 0 Å². The van der Waals surface area contributed by atoms with E-state index in [0.717, 1.165) is 19.4 Å². The largest absolute Gasteiger partial charge is 0.378 e. The average Bonchev–Trinajstić information content (AvgIpc) is 2.91. The summed E-state index contributed by atoms with van der Waals surface area (Å²) in [6, 6.07) is 5.69. The molecule has 0 aromatic heterocycles. The molecule has 1 heterocycles. The van der Waals surface area contributed by atoms with Crippen LogP contribution in [0.3, 0.4) is 0 Å². The number of hydrogen-bond donors (Lipinski definition) is 1. The van der Waals surface area contributed by atoms with Crippen molar-refractivity contribution in [1.82, 2.24) is 5.32 Å². The van der Waals surface area contributed by atoms with Crippen LogP contribution >= 0.6 is 10.7 Å². The molecule has 116 valence electrons. The van der Waals surface area contributed by atoms with Crippen LogP contribution in [-0.2, 0) is 13.8 Å². The van der Waals surface area contributed by atoms with Crippen molar-refractivity contribution in [2.45, 2.75) is 30.8 Å². The van der Waals surface area contributed by atoms with Crippen molar-refractivity contribution >= 4 is 25.6 Å². The Morgan fingerprint density at radius 3 is 2.90 bits per heavy atom. The van der Waals surface area contributed by atoms with Crippen molar-refractivity contribution in [2.24, 2.45) is 5.92 Å². The van der Waals surface area contributed by atoms with E-state index in [1.165, 1.54) is 18.2 Å². The van der Waals surface area contributed by atoms with Gasteiger partial charge in [0.15, 0.2) is 0 Å². The number of hydrogen-bond acceptors (Lipinski definition) is 4. The third-order valence-electron chi connectivity index (χ3n) is 3.65. The highest BCUT2D eigenvalue weighted by Crippen LogP contribution is 2.22. The lowest BCUT2D eigenvalue weighted by Crippen LogP contribution is -2.32. The topological polar surface area (TPSA) is 72.5 Å². The lowest BCUT2D eigenvalue weighted by Gasteiger charge is -2.17. The summed E-state index contributed by atoms with van der Waals surface area (Å²) in [7, 11) is 1.45. The maximum atomic E-state index is 12.1. The molecule has 1 N–H and O–H groups in total. The standard InChI is InChI=1S/C14H18ClNO4S/c1-2-13-11(6-7-20-13)9-16-14(17)10-4-3-5-12(8-10)21(15,18)19/h3-5,8,11,13H,2,6-7,9H2,1H3,(H,16,17). The number of amides is 1. The highest BCUT2D eigenvalue weighted by molar-refractivity contribution is 8.13. The van der Waals surface area contributed by atoms with E-state index in [1.54, 1.807) is 6.07 Å². The predicted octanol–water partition coefficient (Wildman–Crippen LogP) is 2.16. The predicted molar refractivity (Wildman–Crippen MR) is 80.0 cm³/mol. The Kier molecular flexibility index (Phi) is 5.24. The molecule has 0 bridgehead atoms. The zero-order valence-corrected chi connectivity index (χ0v) is 13.3. The van der Waals surface area contributed by atoms with Gasteiger partial charge >= 0.3 is 0 Å². The number of nitrogens with one attached hydrogen (secondary N) is 1. The molecule has 1 saturated heterocycles. The van der Waals surface area contributed by atoms with Crippen molar-refractivity contribution < 1.29 is 17.9 Å². The minimum Gasteiger partial charge on any atom is -0.378 e. The van der Waals surface area contributed by atoms with Crippen LogP contribution < -0.4 is 5.32 Å². The van der Waals surface area contributed by atoms with Gasteiger partial charge in [0.05, 0.1) is 11.0 Å². The normalized spacial score (nSPS) is 22.2. The Morgan fingerprint density at radius 2 is 2.24 bits per heavy atom. The first-order valence-electron chi connectivity index (χ1n) is 6.86.